The summed E-state index contributed by atoms with van der Waals surface area (Å²) in [6.45, 7) is 61.0. The Hall–Kier alpha value is -7.34. The lowest BCUT2D eigenvalue weighted by atomic mass is 9.43. The van der Waals surface area contributed by atoms with Gasteiger partial charge in [0.1, 0.15) is 23.1 Å². The normalized spacial score (nSPS) is 43.9. The Bertz CT molecular complexity index is 5920. The Morgan fingerprint density at radius 3 is 0.987 bits per heavy atom. The number of carbonyl (C=O) groups is 5. The number of fused-ring (bicyclic) bond motifs is 33. The number of nitrogens with zero attached hydrogens (tertiary/aromatic N) is 3. The van der Waals surface area contributed by atoms with Gasteiger partial charge in [0.2, 0.25) is 17.1 Å². The van der Waals surface area contributed by atoms with E-state index in [1.165, 1.54) is 72.8 Å². The highest BCUT2D eigenvalue weighted by molar-refractivity contribution is 6.07. The molecule has 4 aliphatic heterocycles. The lowest BCUT2D eigenvalue weighted by Crippen LogP contribution is -2.57. The van der Waals surface area contributed by atoms with Gasteiger partial charge in [-0.05, 0) is 317 Å². The van der Waals surface area contributed by atoms with Gasteiger partial charge in [0.05, 0.1) is 94.2 Å². The van der Waals surface area contributed by atoms with Crippen LogP contribution in [0.25, 0.3) is 14.5 Å². The maximum Gasteiger partial charge on any atom is 0.227 e. The number of aliphatic hydroxyl groups excluding tert-OH is 1. The second-order valence-corrected chi connectivity index (χ2v) is 54.0. The average Bonchev–Trinajstić information content (AvgIpc) is 1.56. The van der Waals surface area contributed by atoms with Crippen LogP contribution in [-0.4, -0.2) is 110 Å². The lowest BCUT2D eigenvalue weighted by molar-refractivity contribution is -0.242. The summed E-state index contributed by atoms with van der Waals surface area (Å²) in [5.41, 5.74) is 6.45. The first kappa shape index (κ1) is 109. The van der Waals surface area contributed by atoms with Crippen molar-refractivity contribution in [3.63, 3.8) is 0 Å². The summed E-state index contributed by atoms with van der Waals surface area (Å²) < 4.78 is 50.3. The molecule has 28 rings (SSSR count). The summed E-state index contributed by atoms with van der Waals surface area (Å²) in [5, 5.41) is 11.2. The predicted molar refractivity (Wildman–Crippen MR) is 584 cm³/mol. The van der Waals surface area contributed by atoms with Gasteiger partial charge in [-0.3, -0.25) is 14.4 Å². The first-order valence-electron chi connectivity index (χ1n) is 57.7. The molecule has 0 unspecified atom stereocenters. The van der Waals surface area contributed by atoms with Crippen LogP contribution in [-0.2, 0) is 61.9 Å². The molecule has 8 spiro atoms. The molecule has 17 nitrogen and oxygen atoms in total. The van der Waals surface area contributed by atoms with E-state index >= 15 is 0 Å². The van der Waals surface area contributed by atoms with Crippen molar-refractivity contribution in [1.29, 1.82) is 0 Å². The molecule has 0 aromatic heterocycles. The molecule has 16 fully saturated rings. The van der Waals surface area contributed by atoms with Crippen molar-refractivity contribution in [3.8, 4) is 0 Å². The van der Waals surface area contributed by atoms with Gasteiger partial charge < -0.3 is 52.6 Å². The van der Waals surface area contributed by atoms with Crippen LogP contribution in [0.3, 0.4) is 0 Å². The van der Waals surface area contributed by atoms with E-state index in [0.717, 1.165) is 245 Å². The van der Waals surface area contributed by atoms with Gasteiger partial charge in [0, 0.05) is 88.3 Å². The van der Waals surface area contributed by atoms with Gasteiger partial charge in [0.25, 0.3) is 0 Å². The first-order valence-corrected chi connectivity index (χ1v) is 57.7. The number of rotatable bonds is 4. The monoisotopic (exact) mass is 2030 g/mol. The Kier molecular flexibility index (Phi) is 27.5. The van der Waals surface area contributed by atoms with Gasteiger partial charge in [-0.25, -0.2) is 14.5 Å². The van der Waals surface area contributed by atoms with Crippen molar-refractivity contribution < 1.29 is 67.0 Å². The zero-order valence-corrected chi connectivity index (χ0v) is 88.9. The molecule has 0 bridgehead atoms. The SMILES string of the molecule is C.C.C.C.C=CCC1(CC=C)C(=O)CC[C@@]2(C)C1=CC[C@@H]1[C@@H]2CC[C@@]2(C)[C@H]1CCC21OCCO1.C[C@]12CCC(=O)C3(CC=CC3)C1=CC[C@@H]1[C@@H]2CC[C@@]2(C)[C@H]1CCC21OCCO1.[C-]#[N+]C1=C(O)C2(CC=CC2)C2=CC[C@@H]3[C@H](CC[C@@]4(C)[C@H]3CCC43OCCO3)[C@@]2(C)C1.[C-]#[N+]C1=C[C@@]2(C)C(=CC[C@@H]3[C@@H]2CC[C@@]2(C)[C@H]3CCC23OCCO3)C2(CC=CC2)C1=O.[C-]#[N+]C1=C[C@@]2(C)C(=CC[C@@H]3[C@@H]2CC[C@]2(C)C(=O)CC[C@@H]32)C2(CC=CC2)C1=O. The number of Topliss-reactive ketones (excluding diaryl/α,β-unsaturated/α-hetero) is 5. The number of hydrogen-bond donors (Lipinski definition) is 1. The Balaban J connectivity index is 0.000000112. The highest BCUT2D eigenvalue weighted by Gasteiger charge is 2.76. The quantitative estimate of drug-likeness (QED) is 0.206. The van der Waals surface area contributed by atoms with E-state index in [9.17, 15) is 29.1 Å². The Morgan fingerprint density at radius 2 is 0.617 bits per heavy atom. The lowest BCUT2D eigenvalue weighted by Gasteiger charge is -2.61. The third kappa shape index (κ3) is 14.4. The van der Waals surface area contributed by atoms with E-state index in [1.807, 2.05) is 18.2 Å². The third-order valence-electron chi connectivity index (χ3n) is 49.7. The minimum Gasteiger partial charge on any atom is -0.523 e. The van der Waals surface area contributed by atoms with E-state index in [-0.39, 0.29) is 129 Å². The largest absolute Gasteiger partial charge is 0.523 e. The summed E-state index contributed by atoms with van der Waals surface area (Å²) in [6, 6.07) is 0. The summed E-state index contributed by atoms with van der Waals surface area (Å²) in [4.78, 5) is 76.7. The molecule has 1 N–H and O–H groups in total. The molecule has 4 saturated heterocycles. The molecule has 806 valence electrons. The summed E-state index contributed by atoms with van der Waals surface area (Å²) >= 11 is 0. The molecule has 24 aliphatic carbocycles. The topological polar surface area (TPSA) is 192 Å². The Morgan fingerprint density at radius 1 is 0.322 bits per heavy atom. The van der Waals surface area contributed by atoms with Crippen LogP contribution in [0.5, 0.6) is 0 Å². The third-order valence-corrected chi connectivity index (χ3v) is 49.7. The van der Waals surface area contributed by atoms with Crippen molar-refractivity contribution in [3.05, 3.63) is 201 Å². The number of allylic oxidation sites excluding steroid dienone is 25. The van der Waals surface area contributed by atoms with E-state index < -0.39 is 16.2 Å². The van der Waals surface area contributed by atoms with E-state index in [4.69, 9.17) is 57.6 Å². The zero-order chi connectivity index (χ0) is 101. The van der Waals surface area contributed by atoms with Crippen LogP contribution in [0.4, 0.5) is 0 Å². The fourth-order valence-corrected chi connectivity index (χ4v) is 42.9. The van der Waals surface area contributed by atoms with Crippen molar-refractivity contribution in [2.75, 3.05) is 52.9 Å². The van der Waals surface area contributed by atoms with Gasteiger partial charge >= 0.3 is 0 Å². The number of aliphatic hydroxyl groups is 1. The summed E-state index contributed by atoms with van der Waals surface area (Å²) in [5.74, 6) is 9.28. The second-order valence-electron chi connectivity index (χ2n) is 54.0. The summed E-state index contributed by atoms with van der Waals surface area (Å²) in [7, 11) is 0. The highest BCUT2D eigenvalue weighted by Crippen LogP contribution is 2.79. The molecule has 12 saturated carbocycles. The molecular formula is C132H179N3O14. The zero-order valence-electron chi connectivity index (χ0n) is 88.9. The summed E-state index contributed by atoms with van der Waals surface area (Å²) in [6.07, 6.45) is 77.3. The van der Waals surface area contributed by atoms with E-state index in [0.29, 0.717) is 149 Å². The average molecular weight is 2030 g/mol. The predicted octanol–water partition coefficient (Wildman–Crippen LogP) is 30.0. The smallest absolute Gasteiger partial charge is 0.227 e. The highest BCUT2D eigenvalue weighted by atomic mass is 16.8. The minimum atomic E-state index is -0.513. The molecule has 0 aromatic carbocycles. The van der Waals surface area contributed by atoms with Gasteiger partial charge in [0.15, 0.2) is 34.7 Å². The van der Waals surface area contributed by atoms with Gasteiger partial charge in [-0.15, -0.1) is 13.2 Å². The molecule has 0 radical (unpaired) electrons. The fourth-order valence-electron chi connectivity index (χ4n) is 42.9. The van der Waals surface area contributed by atoms with Crippen LogP contribution >= 0.6 is 0 Å². The van der Waals surface area contributed by atoms with Crippen LogP contribution in [0.1, 0.15) is 356 Å². The van der Waals surface area contributed by atoms with Crippen molar-refractivity contribution >= 4 is 28.9 Å². The van der Waals surface area contributed by atoms with Crippen LogP contribution in [0.15, 0.2) is 167 Å². The number of ether oxygens (including phenoxy) is 8. The molecule has 0 amide bonds. The Labute approximate surface area is 893 Å². The molecule has 4 heterocycles. The molecular weight excluding hydrogens is 1850 g/mol. The minimum absolute atomic E-state index is 0. The molecule has 0 aromatic rings. The first-order chi connectivity index (χ1) is 69.5. The molecule has 17 heteroatoms. The van der Waals surface area contributed by atoms with Crippen molar-refractivity contribution in [2.24, 2.45) is 170 Å². The number of carbonyl (C=O) groups excluding carboxylic acids is 5. The van der Waals surface area contributed by atoms with E-state index in [1.54, 1.807) is 0 Å². The van der Waals surface area contributed by atoms with Gasteiger partial charge in [-0.1, -0.05) is 230 Å². The van der Waals surface area contributed by atoms with E-state index in [2.05, 4.69) is 182 Å². The van der Waals surface area contributed by atoms with Gasteiger partial charge in [-0.2, -0.15) is 0 Å². The van der Waals surface area contributed by atoms with Crippen molar-refractivity contribution in [1.82, 2.24) is 0 Å². The molecule has 25 atom stereocenters. The number of ketones is 5. The molecule has 28 aliphatic rings. The maximum absolute atomic E-state index is 13.3. The standard InChI is InChI=1S/C27H38O3.C26H33NO3.C26H31NO3.C25H34O3.C24H27NO2.4CH4/c1-5-12-26(13-6-2)22-8-7-19-20(24(22,3)14-11-23(26)28)9-15-25(4)21(19)10-16-27(25)29-17-18-30-27;2*1-23-16-20(27-3)22(28)25(10-4-5-11-25)21(23)7-6-17-18(23)8-12-24(2)19(17)9-13-26(24)29-14-15-30-26;1-22-12-9-21(26)24(10-3-4-11-24)20(22)6-5-17-18(22)7-13-23(2)19(17)8-14-25(23)27-15-16-28-25;1-22-13-10-17-15(16(22)7-9-20(22)26)6-8-19-23(17,2)14-18(25-3)21(27)24(19)11-4-5-12-24;;;;/h5-6,8,19-21H,1-2,7,9-18H2,3-4H3;4-5,7,17-19,28H,6,8-16H2,1-2H3;4-5,7,16-19H,6,8-15H2,1-2H3;3-4,6,17-19H,5,7-16H2,1-2H3;4-5,8,14-17H,6-7,9-13H2,1-2H3;4*1H4/t19-,20+,21+,24-,25+;2*17-,18+,19+,23-,24+;17-,18+,19+,22-,23+;15-,16-,17-,22-,23+;;;;/m11110..../s1. The fraction of sp³-hybridized carbons (Fsp3) is 0.727. The van der Waals surface area contributed by atoms with Crippen molar-refractivity contribution in [2.45, 2.75) is 379 Å². The van der Waals surface area contributed by atoms with Crippen LogP contribution < -0.4 is 0 Å². The number of hydrogen-bond acceptors (Lipinski definition) is 14. The van der Waals surface area contributed by atoms with Crippen LogP contribution in [0, 0.1) is 190 Å². The molecule has 149 heavy (non-hydrogen) atoms. The maximum atomic E-state index is 13.3. The van der Waals surface area contributed by atoms with Crippen LogP contribution in [0.2, 0.25) is 0 Å². The second kappa shape index (κ2) is 37.7.